The quantitative estimate of drug-likeness (QED) is 0.126. The van der Waals surface area contributed by atoms with E-state index in [1.54, 1.807) is 0 Å². The SMILES string of the molecule is c1ccc([SH+]c2cc3c4cc5oc6ccccc6c5cc4n(C4=NC(c5cccc(-c6ccccc6)c5)[NH2+]C(c5ccccc5)=N4)c3cc2-c2ccccc2-c2ccccc2)cc1. The molecule has 6 heteroatoms. The lowest BCUT2D eigenvalue weighted by Gasteiger charge is -2.20. The maximum atomic E-state index is 6.57. The van der Waals surface area contributed by atoms with Gasteiger partial charge in [0, 0.05) is 50.5 Å². The third kappa shape index (κ3) is 6.73. The van der Waals surface area contributed by atoms with Crippen LogP contribution in [0.4, 0.5) is 0 Å². The molecule has 2 aromatic heterocycles. The first kappa shape index (κ1) is 37.0. The van der Waals surface area contributed by atoms with Gasteiger partial charge in [-0.3, -0.25) is 9.88 Å². The molecule has 0 saturated heterocycles. The lowest BCUT2D eigenvalue weighted by atomic mass is 9.94. The number of furan rings is 1. The van der Waals surface area contributed by atoms with Crippen molar-refractivity contribution in [1.29, 1.82) is 0 Å². The van der Waals surface area contributed by atoms with Gasteiger partial charge in [0.1, 0.15) is 11.2 Å². The number of aliphatic imine (C=N–C) groups is 2. The molecule has 298 valence electrons. The number of benzene rings is 9. The minimum Gasteiger partial charge on any atom is -0.456 e. The Morgan fingerprint density at radius 2 is 1.06 bits per heavy atom. The average Bonchev–Trinajstić information content (AvgIpc) is 3.88. The Balaban J connectivity index is 1.16. The summed E-state index contributed by atoms with van der Waals surface area (Å²) in [5.41, 5.74) is 12.9. The fraction of sp³-hybridized carbons (Fsp3) is 0.0175. The van der Waals surface area contributed by atoms with E-state index >= 15 is 0 Å². The summed E-state index contributed by atoms with van der Waals surface area (Å²) >= 11 is 1.11. The van der Waals surface area contributed by atoms with Crippen LogP contribution in [-0.4, -0.2) is 16.4 Å². The zero-order valence-electron chi connectivity index (χ0n) is 34.1. The predicted octanol–water partition coefficient (Wildman–Crippen LogP) is 12.9. The molecule has 9 aromatic carbocycles. The molecule has 0 saturated carbocycles. The van der Waals surface area contributed by atoms with E-state index in [9.17, 15) is 0 Å². The number of hydrogen-bond donors (Lipinski definition) is 1. The molecular weight excluding hydrogens is 789 g/mol. The summed E-state index contributed by atoms with van der Waals surface area (Å²) in [7, 11) is 0. The Kier molecular flexibility index (Phi) is 9.17. The molecule has 0 bridgehead atoms. The highest BCUT2D eigenvalue weighted by molar-refractivity contribution is 7.78. The van der Waals surface area contributed by atoms with Gasteiger partial charge in [0.15, 0.2) is 9.79 Å². The van der Waals surface area contributed by atoms with E-state index in [0.29, 0.717) is 5.96 Å². The molecule has 3 heterocycles. The lowest BCUT2D eigenvalue weighted by Crippen LogP contribution is -2.90. The number of para-hydroxylation sites is 1. The van der Waals surface area contributed by atoms with Crippen molar-refractivity contribution in [2.45, 2.75) is 16.0 Å². The number of aromatic nitrogens is 1. The highest BCUT2D eigenvalue weighted by atomic mass is 32.2. The van der Waals surface area contributed by atoms with Gasteiger partial charge in [0.2, 0.25) is 18.0 Å². The van der Waals surface area contributed by atoms with Gasteiger partial charge in [-0.15, -0.1) is 0 Å². The molecule has 5 nitrogen and oxygen atoms in total. The van der Waals surface area contributed by atoms with E-state index in [-0.39, 0.29) is 6.17 Å². The van der Waals surface area contributed by atoms with Crippen molar-refractivity contribution < 1.29 is 9.73 Å². The maximum absolute atomic E-state index is 6.57. The molecule has 12 rings (SSSR count). The predicted molar refractivity (Wildman–Crippen MR) is 262 cm³/mol. The first-order chi connectivity index (χ1) is 31.2. The summed E-state index contributed by atoms with van der Waals surface area (Å²) in [5.74, 6) is 1.52. The van der Waals surface area contributed by atoms with Crippen molar-refractivity contribution in [3.63, 3.8) is 0 Å². The van der Waals surface area contributed by atoms with Gasteiger partial charge in [-0.1, -0.05) is 158 Å². The molecule has 0 spiro atoms. The van der Waals surface area contributed by atoms with Crippen LogP contribution in [0.5, 0.6) is 0 Å². The van der Waals surface area contributed by atoms with Crippen LogP contribution in [0.1, 0.15) is 17.3 Å². The van der Waals surface area contributed by atoms with Crippen LogP contribution in [0.3, 0.4) is 0 Å². The summed E-state index contributed by atoms with van der Waals surface area (Å²) in [5, 5.41) is 6.54. The maximum Gasteiger partial charge on any atom is 0.240 e. The molecule has 0 fully saturated rings. The van der Waals surface area contributed by atoms with Gasteiger partial charge in [-0.25, -0.2) is 0 Å². The Bertz CT molecular complexity index is 3560. The number of nitrogens with zero attached hydrogens (tertiary/aromatic N) is 3. The molecule has 11 aromatic rings. The van der Waals surface area contributed by atoms with Crippen LogP contribution >= 0.6 is 0 Å². The number of nitrogens with two attached hydrogens (primary N) is 1. The van der Waals surface area contributed by atoms with Crippen LogP contribution < -0.4 is 5.32 Å². The normalized spacial score (nSPS) is 14.1. The van der Waals surface area contributed by atoms with Crippen LogP contribution in [0.25, 0.3) is 77.1 Å². The van der Waals surface area contributed by atoms with E-state index in [0.717, 1.165) is 83.6 Å². The Morgan fingerprint density at radius 1 is 0.444 bits per heavy atom. The van der Waals surface area contributed by atoms with Crippen molar-refractivity contribution >= 4 is 67.3 Å². The fourth-order valence-electron chi connectivity index (χ4n) is 9.09. The van der Waals surface area contributed by atoms with Crippen LogP contribution in [0, 0.1) is 0 Å². The summed E-state index contributed by atoms with van der Waals surface area (Å²) < 4.78 is 8.87. The van der Waals surface area contributed by atoms with Crippen molar-refractivity contribution in [3.05, 3.63) is 230 Å². The van der Waals surface area contributed by atoms with E-state index in [1.807, 2.05) is 12.1 Å². The Morgan fingerprint density at radius 3 is 1.84 bits per heavy atom. The molecular formula is C57H40N4OS+2. The zero-order chi connectivity index (χ0) is 41.7. The molecule has 63 heavy (non-hydrogen) atoms. The third-order valence-corrected chi connectivity index (χ3v) is 13.3. The summed E-state index contributed by atoms with van der Waals surface area (Å²) in [4.78, 5) is 13.5. The monoisotopic (exact) mass is 828 g/mol. The van der Waals surface area contributed by atoms with E-state index in [4.69, 9.17) is 14.4 Å². The molecule has 1 aliphatic rings. The first-order valence-corrected chi connectivity index (χ1v) is 22.2. The number of fused-ring (bicyclic) bond motifs is 6. The summed E-state index contributed by atoms with van der Waals surface area (Å²) in [6.07, 6.45) is -0.295. The van der Waals surface area contributed by atoms with Gasteiger partial charge in [0.25, 0.3) is 0 Å². The minimum atomic E-state index is -0.295. The van der Waals surface area contributed by atoms with Crippen molar-refractivity contribution in [3.8, 4) is 33.4 Å². The molecule has 0 aliphatic carbocycles. The summed E-state index contributed by atoms with van der Waals surface area (Å²) in [6.45, 7) is 0. The van der Waals surface area contributed by atoms with E-state index < -0.39 is 0 Å². The number of rotatable bonds is 7. The molecule has 1 atom stereocenters. The number of amidine groups is 1. The number of quaternary nitrogens is 1. The minimum absolute atomic E-state index is 0.295. The average molecular weight is 829 g/mol. The van der Waals surface area contributed by atoms with Gasteiger partial charge in [0.05, 0.1) is 16.6 Å². The highest BCUT2D eigenvalue weighted by Gasteiger charge is 2.30. The molecule has 2 N–H and O–H groups in total. The van der Waals surface area contributed by atoms with E-state index in [2.05, 4.69) is 216 Å². The second kappa shape index (κ2) is 15.6. The fourth-order valence-corrected chi connectivity index (χ4v) is 10.2. The molecule has 1 aliphatic heterocycles. The van der Waals surface area contributed by atoms with E-state index in [1.165, 1.54) is 32.0 Å². The molecule has 1 unspecified atom stereocenters. The number of hydrogen-bond acceptors (Lipinski definition) is 3. The lowest BCUT2D eigenvalue weighted by molar-refractivity contribution is -0.586. The molecule has 0 amide bonds. The topological polar surface area (TPSA) is 59.4 Å². The second-order valence-corrected chi connectivity index (χ2v) is 17.2. The second-order valence-electron chi connectivity index (χ2n) is 15.9. The van der Waals surface area contributed by atoms with Crippen LogP contribution in [0.15, 0.2) is 243 Å². The van der Waals surface area contributed by atoms with Crippen LogP contribution in [0.2, 0.25) is 0 Å². The zero-order valence-corrected chi connectivity index (χ0v) is 35.0. The number of thiol groups is 1. The standard InChI is InChI=1S/C57H38N4OS/c1-5-18-37(19-6-1)40-24-17-25-41(32-40)56-58-55(39-22-9-3-10-23-39)59-57(60-56)61-50-33-48-45-30-15-16-31-52(45)62-53(48)35-46(50)47-36-54(63-42-26-11-4-12-27-42)49(34-51(47)61)44-29-14-13-28-43(44)38-20-7-2-8-21-38/h1-36,56H,(H,58,59,60)/p+2. The van der Waals surface area contributed by atoms with Gasteiger partial charge >= 0.3 is 0 Å². The first-order valence-electron chi connectivity index (χ1n) is 21.3. The van der Waals surface area contributed by atoms with Gasteiger partial charge in [-0.05, 0) is 82.4 Å². The Hall–Kier alpha value is -7.77. The Labute approximate surface area is 368 Å². The molecule has 0 radical (unpaired) electrons. The highest BCUT2D eigenvalue weighted by Crippen LogP contribution is 2.43. The van der Waals surface area contributed by atoms with Crippen molar-refractivity contribution in [2.24, 2.45) is 9.98 Å². The van der Waals surface area contributed by atoms with Gasteiger partial charge < -0.3 is 4.42 Å². The largest absolute Gasteiger partial charge is 0.456 e. The summed E-state index contributed by atoms with van der Waals surface area (Å²) in [6, 6.07) is 77.6. The van der Waals surface area contributed by atoms with Crippen molar-refractivity contribution in [1.82, 2.24) is 4.57 Å². The van der Waals surface area contributed by atoms with Crippen LogP contribution in [-0.2, 0) is 11.8 Å². The third-order valence-electron chi connectivity index (χ3n) is 12.1. The smallest absolute Gasteiger partial charge is 0.240 e. The van der Waals surface area contributed by atoms with Gasteiger partial charge in [-0.2, -0.15) is 9.98 Å². The van der Waals surface area contributed by atoms with Crippen molar-refractivity contribution in [2.75, 3.05) is 0 Å².